The maximum atomic E-state index is 6.35. The highest BCUT2D eigenvalue weighted by Gasteiger charge is 2.23. The van der Waals surface area contributed by atoms with Crippen molar-refractivity contribution in [2.45, 2.75) is 51.2 Å². The van der Waals surface area contributed by atoms with Gasteiger partial charge in [-0.1, -0.05) is 49.2 Å². The van der Waals surface area contributed by atoms with Gasteiger partial charge in [0.15, 0.2) is 0 Å². The maximum absolute atomic E-state index is 6.35. The fourth-order valence-electron chi connectivity index (χ4n) is 3.81. The van der Waals surface area contributed by atoms with Gasteiger partial charge >= 0.3 is 0 Å². The molecule has 1 aliphatic rings. The molecule has 1 aliphatic carbocycles. The van der Waals surface area contributed by atoms with Gasteiger partial charge in [-0.2, -0.15) is 0 Å². The zero-order chi connectivity index (χ0) is 17.2. The number of nitrogens with two attached hydrogens (primary N) is 1. The minimum atomic E-state index is 0.209. The molecule has 0 amide bonds. The number of nitrogens with one attached hydrogen (secondary N) is 1. The van der Waals surface area contributed by atoms with Crippen LogP contribution in [-0.2, 0) is 6.54 Å². The van der Waals surface area contributed by atoms with E-state index in [1.54, 1.807) is 0 Å². The fourth-order valence-corrected chi connectivity index (χ4v) is 3.81. The second-order valence-corrected chi connectivity index (χ2v) is 7.14. The summed E-state index contributed by atoms with van der Waals surface area (Å²) in [6.07, 6.45) is 4.69. The van der Waals surface area contributed by atoms with Crippen LogP contribution in [0.1, 0.15) is 36.8 Å². The van der Waals surface area contributed by atoms with E-state index in [2.05, 4.69) is 59.3 Å². The van der Waals surface area contributed by atoms with Crippen LogP contribution >= 0.6 is 0 Å². The summed E-state index contributed by atoms with van der Waals surface area (Å²) in [5.74, 6) is 0.937. The first-order valence-corrected chi connectivity index (χ1v) is 9.24. The topological polar surface area (TPSA) is 55.9 Å². The molecule has 0 spiro atoms. The van der Waals surface area contributed by atoms with Crippen molar-refractivity contribution in [3.05, 3.63) is 59.7 Å². The Hall–Kier alpha value is -2.33. The SMILES string of the molecule is Cc1ccccc1Cn1c(N[C@@H]2CCCC[C@H]2N)nc2ccccc21. The van der Waals surface area contributed by atoms with Gasteiger partial charge in [0.1, 0.15) is 0 Å². The summed E-state index contributed by atoms with van der Waals surface area (Å²) in [5, 5.41) is 3.66. The van der Waals surface area contributed by atoms with Gasteiger partial charge < -0.3 is 15.6 Å². The number of aromatic nitrogens is 2. The minimum absolute atomic E-state index is 0.209. The average molecular weight is 334 g/mol. The summed E-state index contributed by atoms with van der Waals surface area (Å²) in [6, 6.07) is 17.4. The number of hydrogen-bond acceptors (Lipinski definition) is 3. The van der Waals surface area contributed by atoms with Gasteiger partial charge in [0.05, 0.1) is 17.6 Å². The predicted octanol–water partition coefficient (Wildman–Crippen LogP) is 4.07. The van der Waals surface area contributed by atoms with Crippen LogP contribution in [0.25, 0.3) is 11.0 Å². The number of para-hydroxylation sites is 2. The Morgan fingerprint density at radius 3 is 2.68 bits per heavy atom. The Bertz CT molecular complexity index is 867. The molecular formula is C21H26N4. The molecule has 2 atom stereocenters. The second kappa shape index (κ2) is 6.89. The van der Waals surface area contributed by atoms with E-state index in [4.69, 9.17) is 10.7 Å². The first-order valence-electron chi connectivity index (χ1n) is 9.24. The van der Waals surface area contributed by atoms with Gasteiger partial charge in [0.25, 0.3) is 0 Å². The molecule has 3 aromatic rings. The lowest BCUT2D eigenvalue weighted by Crippen LogP contribution is -2.43. The van der Waals surface area contributed by atoms with E-state index in [0.29, 0.717) is 6.04 Å². The molecule has 1 saturated carbocycles. The van der Waals surface area contributed by atoms with Crippen molar-refractivity contribution in [3.63, 3.8) is 0 Å². The van der Waals surface area contributed by atoms with Gasteiger partial charge in [-0.25, -0.2) is 4.98 Å². The van der Waals surface area contributed by atoms with Gasteiger partial charge in [-0.05, 0) is 43.0 Å². The Balaban J connectivity index is 1.72. The second-order valence-electron chi connectivity index (χ2n) is 7.14. The number of hydrogen-bond donors (Lipinski definition) is 2. The predicted molar refractivity (Wildman–Crippen MR) is 104 cm³/mol. The number of anilines is 1. The highest BCUT2D eigenvalue weighted by Crippen LogP contribution is 2.25. The molecule has 0 radical (unpaired) electrons. The van der Waals surface area contributed by atoms with Gasteiger partial charge in [0, 0.05) is 12.1 Å². The van der Waals surface area contributed by atoms with E-state index < -0.39 is 0 Å². The quantitative estimate of drug-likeness (QED) is 0.756. The number of rotatable bonds is 4. The monoisotopic (exact) mass is 334 g/mol. The number of fused-ring (bicyclic) bond motifs is 1. The van der Waals surface area contributed by atoms with Crippen molar-refractivity contribution in [3.8, 4) is 0 Å². The molecule has 0 aliphatic heterocycles. The highest BCUT2D eigenvalue weighted by atomic mass is 15.2. The summed E-state index contributed by atoms with van der Waals surface area (Å²) in [7, 11) is 0. The molecule has 3 N–H and O–H groups in total. The third-order valence-electron chi connectivity index (χ3n) is 5.38. The molecular weight excluding hydrogens is 308 g/mol. The third kappa shape index (κ3) is 3.27. The summed E-state index contributed by atoms with van der Waals surface area (Å²) >= 11 is 0. The Morgan fingerprint density at radius 2 is 1.84 bits per heavy atom. The zero-order valence-corrected chi connectivity index (χ0v) is 14.8. The number of imidazole rings is 1. The van der Waals surface area contributed by atoms with Crippen LogP contribution in [0.4, 0.5) is 5.95 Å². The summed E-state index contributed by atoms with van der Waals surface area (Å²) in [4.78, 5) is 4.86. The number of nitrogens with zero attached hydrogens (tertiary/aromatic N) is 2. The van der Waals surface area contributed by atoms with Crippen molar-refractivity contribution in [1.29, 1.82) is 0 Å². The van der Waals surface area contributed by atoms with E-state index in [-0.39, 0.29) is 6.04 Å². The van der Waals surface area contributed by atoms with Crippen LogP contribution in [0.15, 0.2) is 48.5 Å². The standard InChI is InChI=1S/C21H26N4/c1-15-8-2-3-9-16(15)14-25-20-13-7-6-12-19(20)24-21(25)23-18-11-5-4-10-17(18)22/h2-3,6-9,12-13,17-18H,4-5,10-11,14,22H2,1H3,(H,23,24)/t17-,18-/m1/s1. The Morgan fingerprint density at radius 1 is 1.08 bits per heavy atom. The molecule has 4 rings (SSSR count). The lowest BCUT2D eigenvalue weighted by atomic mass is 9.91. The van der Waals surface area contributed by atoms with Crippen LogP contribution in [0.5, 0.6) is 0 Å². The normalized spacial score (nSPS) is 20.7. The lowest BCUT2D eigenvalue weighted by Gasteiger charge is -2.30. The van der Waals surface area contributed by atoms with Crippen LogP contribution in [-0.4, -0.2) is 21.6 Å². The first-order chi connectivity index (χ1) is 12.2. The van der Waals surface area contributed by atoms with Gasteiger partial charge in [0.2, 0.25) is 5.95 Å². The molecule has 2 aromatic carbocycles. The largest absolute Gasteiger partial charge is 0.351 e. The Kier molecular flexibility index (Phi) is 4.45. The molecule has 4 heteroatoms. The number of benzene rings is 2. The third-order valence-corrected chi connectivity index (χ3v) is 5.38. The van der Waals surface area contributed by atoms with Crippen molar-refractivity contribution < 1.29 is 0 Å². The molecule has 4 nitrogen and oxygen atoms in total. The molecule has 25 heavy (non-hydrogen) atoms. The van der Waals surface area contributed by atoms with E-state index >= 15 is 0 Å². The smallest absolute Gasteiger partial charge is 0.204 e. The fraction of sp³-hybridized carbons (Fsp3) is 0.381. The zero-order valence-electron chi connectivity index (χ0n) is 14.8. The summed E-state index contributed by atoms with van der Waals surface area (Å²) in [5.41, 5.74) is 11.2. The van der Waals surface area contributed by atoms with Gasteiger partial charge in [-0.3, -0.25) is 0 Å². The van der Waals surface area contributed by atoms with Crippen molar-refractivity contribution in [2.24, 2.45) is 5.73 Å². The summed E-state index contributed by atoms with van der Waals surface area (Å²) in [6.45, 7) is 2.98. The van der Waals surface area contributed by atoms with E-state index in [1.165, 1.54) is 24.0 Å². The molecule has 0 unspecified atom stereocenters. The molecule has 0 saturated heterocycles. The van der Waals surface area contributed by atoms with E-state index in [1.807, 2.05) is 6.07 Å². The Labute approximate surface area is 149 Å². The molecule has 0 bridgehead atoms. The molecule has 1 heterocycles. The van der Waals surface area contributed by atoms with E-state index in [0.717, 1.165) is 36.4 Å². The van der Waals surface area contributed by atoms with Crippen molar-refractivity contribution in [1.82, 2.24) is 9.55 Å². The molecule has 1 fully saturated rings. The van der Waals surface area contributed by atoms with Gasteiger partial charge in [-0.15, -0.1) is 0 Å². The molecule has 1 aromatic heterocycles. The van der Waals surface area contributed by atoms with E-state index in [9.17, 15) is 0 Å². The first kappa shape index (κ1) is 16.2. The molecule has 130 valence electrons. The van der Waals surface area contributed by atoms with Crippen LogP contribution in [0.3, 0.4) is 0 Å². The van der Waals surface area contributed by atoms with Crippen LogP contribution in [0.2, 0.25) is 0 Å². The maximum Gasteiger partial charge on any atom is 0.204 e. The highest BCUT2D eigenvalue weighted by molar-refractivity contribution is 5.78. The van der Waals surface area contributed by atoms with Crippen LogP contribution in [0, 0.1) is 6.92 Å². The number of aryl methyl sites for hydroxylation is 1. The van der Waals surface area contributed by atoms with Crippen LogP contribution < -0.4 is 11.1 Å². The van der Waals surface area contributed by atoms with Crippen molar-refractivity contribution in [2.75, 3.05) is 5.32 Å². The van der Waals surface area contributed by atoms with Crippen molar-refractivity contribution >= 4 is 17.0 Å². The minimum Gasteiger partial charge on any atom is -0.351 e. The lowest BCUT2D eigenvalue weighted by molar-refractivity contribution is 0.401. The summed E-state index contributed by atoms with van der Waals surface area (Å²) < 4.78 is 2.29. The average Bonchev–Trinajstić information content (AvgIpc) is 2.96.